The zero-order chi connectivity index (χ0) is 20.6. The van der Waals surface area contributed by atoms with Gasteiger partial charge in [-0.1, -0.05) is 30.4 Å². The Morgan fingerprint density at radius 3 is 2.76 bits per heavy atom. The number of carbonyl (C=O) groups is 2. The maximum absolute atomic E-state index is 13.6. The molecule has 29 heavy (non-hydrogen) atoms. The molecule has 0 bridgehead atoms. The average Bonchev–Trinajstić information content (AvgIpc) is 2.74. The number of nitrogens with zero attached hydrogens (tertiary/aromatic N) is 2. The Balaban J connectivity index is 1.53. The summed E-state index contributed by atoms with van der Waals surface area (Å²) < 4.78 is 19.3. The van der Waals surface area contributed by atoms with Crippen LogP contribution in [0.15, 0.2) is 55.0 Å². The van der Waals surface area contributed by atoms with Gasteiger partial charge in [-0.2, -0.15) is 0 Å². The van der Waals surface area contributed by atoms with Gasteiger partial charge in [0.05, 0.1) is 31.4 Å². The summed E-state index contributed by atoms with van der Waals surface area (Å²) in [6.07, 6.45) is 6.23. The van der Waals surface area contributed by atoms with Crippen molar-refractivity contribution in [2.24, 2.45) is 0 Å². The standard InChI is InChI=1S/C20H21FN4O4/c21-15-4-2-1-3-13(15)10-24-19(27)9-14-5-6-16(18(12-26)29-14)25-20(28)17-11-22-7-8-23-17/h1-8,11,14,16,18,26H,9-10,12H2,(H,24,27)(H,25,28)/t14-,16+,18+/m1/s1. The average molecular weight is 400 g/mol. The normalized spacial score (nSPS) is 20.8. The van der Waals surface area contributed by atoms with Crippen molar-refractivity contribution < 1.29 is 23.8 Å². The van der Waals surface area contributed by atoms with E-state index in [1.165, 1.54) is 24.7 Å². The SMILES string of the molecule is O=C(C[C@H]1C=C[C@H](NC(=O)c2cnccn2)[C@H](CO)O1)NCc1ccccc1F. The number of rotatable bonds is 7. The van der Waals surface area contributed by atoms with E-state index in [1.807, 2.05) is 0 Å². The molecule has 0 aliphatic carbocycles. The maximum Gasteiger partial charge on any atom is 0.272 e. The lowest BCUT2D eigenvalue weighted by Gasteiger charge is -2.31. The van der Waals surface area contributed by atoms with Crippen LogP contribution in [0.2, 0.25) is 0 Å². The molecule has 152 valence electrons. The molecule has 1 aromatic heterocycles. The summed E-state index contributed by atoms with van der Waals surface area (Å²) in [5, 5.41) is 15.0. The predicted molar refractivity (Wildman–Crippen MR) is 101 cm³/mol. The van der Waals surface area contributed by atoms with Gasteiger partial charge in [-0.3, -0.25) is 14.6 Å². The molecule has 1 aromatic carbocycles. The third-order valence-electron chi connectivity index (χ3n) is 4.38. The van der Waals surface area contributed by atoms with E-state index in [2.05, 4.69) is 20.6 Å². The fourth-order valence-corrected chi connectivity index (χ4v) is 2.87. The summed E-state index contributed by atoms with van der Waals surface area (Å²) in [6.45, 7) is -0.273. The minimum atomic E-state index is -0.718. The number of benzene rings is 1. The Kier molecular flexibility index (Phi) is 6.99. The van der Waals surface area contributed by atoms with Crippen molar-refractivity contribution in [1.29, 1.82) is 0 Å². The van der Waals surface area contributed by atoms with Crippen molar-refractivity contribution in [1.82, 2.24) is 20.6 Å². The zero-order valence-electron chi connectivity index (χ0n) is 15.5. The summed E-state index contributed by atoms with van der Waals surface area (Å²) in [5.41, 5.74) is 0.535. The van der Waals surface area contributed by atoms with Gasteiger partial charge < -0.3 is 20.5 Å². The van der Waals surface area contributed by atoms with Gasteiger partial charge in [0.2, 0.25) is 5.91 Å². The molecule has 0 spiro atoms. The molecular weight excluding hydrogens is 379 g/mol. The lowest BCUT2D eigenvalue weighted by Crippen LogP contribution is -2.49. The molecule has 1 aliphatic rings. The number of hydrogen-bond donors (Lipinski definition) is 3. The first kappa shape index (κ1) is 20.6. The summed E-state index contributed by atoms with van der Waals surface area (Å²) in [6, 6.07) is 5.62. The molecule has 2 heterocycles. The van der Waals surface area contributed by atoms with Crippen LogP contribution in [-0.2, 0) is 16.1 Å². The minimum absolute atomic E-state index is 0.00623. The smallest absolute Gasteiger partial charge is 0.272 e. The highest BCUT2D eigenvalue weighted by molar-refractivity contribution is 5.92. The predicted octanol–water partition coefficient (Wildman–Crippen LogP) is 0.737. The second-order valence-corrected chi connectivity index (χ2v) is 6.44. The van der Waals surface area contributed by atoms with Crippen LogP contribution < -0.4 is 10.6 Å². The molecule has 1 aliphatic heterocycles. The van der Waals surface area contributed by atoms with Gasteiger partial charge in [0.15, 0.2) is 0 Å². The Labute approximate surface area is 166 Å². The highest BCUT2D eigenvalue weighted by Gasteiger charge is 2.29. The third-order valence-corrected chi connectivity index (χ3v) is 4.38. The first-order valence-corrected chi connectivity index (χ1v) is 9.08. The number of aromatic nitrogens is 2. The molecule has 0 unspecified atom stereocenters. The Morgan fingerprint density at radius 1 is 1.21 bits per heavy atom. The molecule has 3 atom stereocenters. The summed E-state index contributed by atoms with van der Waals surface area (Å²) in [4.78, 5) is 32.1. The Hall–Kier alpha value is -3.17. The number of carbonyl (C=O) groups excluding carboxylic acids is 2. The topological polar surface area (TPSA) is 113 Å². The van der Waals surface area contributed by atoms with E-state index >= 15 is 0 Å². The van der Waals surface area contributed by atoms with Crippen LogP contribution in [0.1, 0.15) is 22.5 Å². The molecule has 3 N–H and O–H groups in total. The van der Waals surface area contributed by atoms with Crippen LogP contribution in [-0.4, -0.2) is 51.7 Å². The van der Waals surface area contributed by atoms with E-state index in [-0.39, 0.29) is 37.0 Å². The van der Waals surface area contributed by atoms with E-state index in [0.717, 1.165) is 0 Å². The van der Waals surface area contributed by atoms with Gasteiger partial charge in [-0.15, -0.1) is 0 Å². The van der Waals surface area contributed by atoms with Gasteiger partial charge in [0.25, 0.3) is 5.91 Å². The lowest BCUT2D eigenvalue weighted by atomic mass is 10.0. The van der Waals surface area contributed by atoms with Crippen molar-refractivity contribution in [3.63, 3.8) is 0 Å². The van der Waals surface area contributed by atoms with Gasteiger partial charge in [0.1, 0.15) is 17.6 Å². The van der Waals surface area contributed by atoms with Crippen molar-refractivity contribution in [2.75, 3.05) is 6.61 Å². The zero-order valence-corrected chi connectivity index (χ0v) is 15.5. The molecule has 0 fully saturated rings. The number of aliphatic hydroxyl groups excluding tert-OH is 1. The van der Waals surface area contributed by atoms with Gasteiger partial charge in [0, 0.05) is 24.5 Å². The minimum Gasteiger partial charge on any atom is -0.394 e. The second-order valence-electron chi connectivity index (χ2n) is 6.44. The summed E-state index contributed by atoms with van der Waals surface area (Å²) in [5.74, 6) is -1.15. The number of hydrogen-bond acceptors (Lipinski definition) is 6. The lowest BCUT2D eigenvalue weighted by molar-refractivity contribution is -0.125. The first-order valence-electron chi connectivity index (χ1n) is 9.08. The Morgan fingerprint density at radius 2 is 2.03 bits per heavy atom. The molecule has 0 radical (unpaired) electrons. The number of aliphatic hydroxyl groups is 1. The van der Waals surface area contributed by atoms with Gasteiger partial charge in [-0.05, 0) is 6.07 Å². The van der Waals surface area contributed by atoms with E-state index in [0.29, 0.717) is 5.56 Å². The largest absolute Gasteiger partial charge is 0.394 e. The number of halogens is 1. The summed E-state index contributed by atoms with van der Waals surface area (Å²) in [7, 11) is 0. The van der Waals surface area contributed by atoms with Crippen molar-refractivity contribution >= 4 is 11.8 Å². The van der Waals surface area contributed by atoms with Crippen molar-refractivity contribution in [3.8, 4) is 0 Å². The third kappa shape index (κ3) is 5.66. The molecule has 2 aromatic rings. The fraction of sp³-hybridized carbons (Fsp3) is 0.300. The summed E-state index contributed by atoms with van der Waals surface area (Å²) >= 11 is 0. The second kappa shape index (κ2) is 9.85. The number of nitrogens with one attached hydrogen (secondary N) is 2. The van der Waals surface area contributed by atoms with E-state index in [1.54, 1.807) is 30.4 Å². The van der Waals surface area contributed by atoms with Gasteiger partial charge in [-0.25, -0.2) is 9.37 Å². The van der Waals surface area contributed by atoms with Gasteiger partial charge >= 0.3 is 0 Å². The van der Waals surface area contributed by atoms with Crippen LogP contribution in [0.3, 0.4) is 0 Å². The van der Waals surface area contributed by atoms with Crippen LogP contribution in [0, 0.1) is 5.82 Å². The molecule has 9 heteroatoms. The highest BCUT2D eigenvalue weighted by atomic mass is 19.1. The molecular formula is C20H21FN4O4. The van der Waals surface area contributed by atoms with E-state index in [9.17, 15) is 19.1 Å². The van der Waals surface area contributed by atoms with Crippen LogP contribution in [0.25, 0.3) is 0 Å². The molecule has 2 amide bonds. The quantitative estimate of drug-likeness (QED) is 0.591. The molecule has 0 saturated heterocycles. The first-order chi connectivity index (χ1) is 14.1. The maximum atomic E-state index is 13.6. The van der Waals surface area contributed by atoms with Crippen LogP contribution in [0.5, 0.6) is 0 Å². The fourth-order valence-electron chi connectivity index (χ4n) is 2.87. The monoisotopic (exact) mass is 400 g/mol. The number of ether oxygens (including phenoxy) is 1. The van der Waals surface area contributed by atoms with Crippen LogP contribution in [0.4, 0.5) is 4.39 Å². The molecule has 3 rings (SSSR count). The van der Waals surface area contributed by atoms with Crippen molar-refractivity contribution in [2.45, 2.75) is 31.2 Å². The van der Waals surface area contributed by atoms with Crippen LogP contribution >= 0.6 is 0 Å². The number of amides is 2. The van der Waals surface area contributed by atoms with E-state index in [4.69, 9.17) is 4.74 Å². The van der Waals surface area contributed by atoms with Crippen molar-refractivity contribution in [3.05, 3.63) is 72.1 Å². The highest BCUT2D eigenvalue weighted by Crippen LogP contribution is 2.16. The molecule has 0 saturated carbocycles. The van der Waals surface area contributed by atoms with E-state index < -0.39 is 24.2 Å². The molecule has 8 nitrogen and oxygen atoms in total. The Bertz CT molecular complexity index is 878.